The van der Waals surface area contributed by atoms with E-state index in [-0.39, 0.29) is 11.3 Å². The van der Waals surface area contributed by atoms with Crippen LogP contribution in [0.5, 0.6) is 0 Å². The van der Waals surface area contributed by atoms with Crippen molar-refractivity contribution in [2.75, 3.05) is 0 Å². The van der Waals surface area contributed by atoms with Gasteiger partial charge in [0.05, 0.1) is 0 Å². The van der Waals surface area contributed by atoms with Gasteiger partial charge in [-0.05, 0) is 11.3 Å². The summed E-state index contributed by atoms with van der Waals surface area (Å²) in [6, 6.07) is 0. The number of amides is 1. The third-order valence-corrected chi connectivity index (χ3v) is 1.99. The van der Waals surface area contributed by atoms with Crippen molar-refractivity contribution in [3.05, 3.63) is 0 Å². The number of primary amides is 1. The summed E-state index contributed by atoms with van der Waals surface area (Å²) >= 11 is 0. The molecule has 1 atom stereocenters. The fraction of sp³-hybridized carbons (Fsp3) is 0.875. The summed E-state index contributed by atoms with van der Waals surface area (Å²) < 4.78 is 0. The van der Waals surface area contributed by atoms with Gasteiger partial charge in [0, 0.05) is 6.42 Å². The predicted molar refractivity (Wildman–Crippen MR) is 42.4 cm³/mol. The number of hydrogen-bond acceptors (Lipinski definition) is 1. The topological polar surface area (TPSA) is 43.1 Å². The van der Waals surface area contributed by atoms with E-state index in [0.29, 0.717) is 12.3 Å². The van der Waals surface area contributed by atoms with Crippen LogP contribution < -0.4 is 5.73 Å². The van der Waals surface area contributed by atoms with Crippen LogP contribution >= 0.6 is 0 Å². The van der Waals surface area contributed by atoms with E-state index in [0.717, 1.165) is 0 Å². The van der Waals surface area contributed by atoms with Gasteiger partial charge < -0.3 is 5.73 Å². The molecular formula is C8H17NO. The summed E-state index contributed by atoms with van der Waals surface area (Å²) in [7, 11) is 0. The van der Waals surface area contributed by atoms with Gasteiger partial charge in [0.25, 0.3) is 0 Å². The minimum absolute atomic E-state index is 0.190. The van der Waals surface area contributed by atoms with E-state index in [1.807, 2.05) is 6.92 Å². The largest absolute Gasteiger partial charge is 0.370 e. The van der Waals surface area contributed by atoms with Gasteiger partial charge in [-0.2, -0.15) is 0 Å². The SMILES string of the molecule is CC(CC(N)=O)C(C)(C)C. The fourth-order valence-electron chi connectivity index (χ4n) is 0.608. The summed E-state index contributed by atoms with van der Waals surface area (Å²) in [6.07, 6.45) is 0.490. The third-order valence-electron chi connectivity index (χ3n) is 1.99. The zero-order chi connectivity index (χ0) is 8.36. The van der Waals surface area contributed by atoms with E-state index in [1.165, 1.54) is 0 Å². The summed E-state index contributed by atoms with van der Waals surface area (Å²) in [5.41, 5.74) is 5.24. The molecule has 2 N–H and O–H groups in total. The Kier molecular flexibility index (Phi) is 2.88. The second-order valence-corrected chi connectivity index (χ2v) is 3.94. The van der Waals surface area contributed by atoms with Crippen LogP contribution in [0.15, 0.2) is 0 Å². The van der Waals surface area contributed by atoms with Gasteiger partial charge in [-0.1, -0.05) is 27.7 Å². The first-order chi connectivity index (χ1) is 4.34. The van der Waals surface area contributed by atoms with Crippen LogP contribution in [-0.2, 0) is 4.79 Å². The molecule has 0 aromatic rings. The van der Waals surface area contributed by atoms with Crippen molar-refractivity contribution in [3.63, 3.8) is 0 Å². The van der Waals surface area contributed by atoms with Crippen molar-refractivity contribution in [1.82, 2.24) is 0 Å². The standard InChI is InChI=1S/C8H17NO/c1-6(5-7(9)10)8(2,3)4/h6H,5H2,1-4H3,(H2,9,10). The molecule has 60 valence electrons. The van der Waals surface area contributed by atoms with Crippen LogP contribution in [0.3, 0.4) is 0 Å². The van der Waals surface area contributed by atoms with Gasteiger partial charge >= 0.3 is 0 Å². The molecule has 1 amide bonds. The molecule has 1 unspecified atom stereocenters. The van der Waals surface area contributed by atoms with Crippen molar-refractivity contribution < 1.29 is 4.79 Å². The Morgan fingerprint density at radius 1 is 1.50 bits per heavy atom. The maximum absolute atomic E-state index is 10.5. The Morgan fingerprint density at radius 2 is 1.90 bits per heavy atom. The number of nitrogens with two attached hydrogens (primary N) is 1. The van der Waals surface area contributed by atoms with E-state index in [4.69, 9.17) is 5.73 Å². The van der Waals surface area contributed by atoms with Gasteiger partial charge in [-0.3, -0.25) is 4.79 Å². The zero-order valence-electron chi connectivity index (χ0n) is 7.27. The molecule has 0 aromatic heterocycles. The molecular weight excluding hydrogens is 126 g/mol. The van der Waals surface area contributed by atoms with Gasteiger partial charge in [0.1, 0.15) is 0 Å². The molecule has 0 aliphatic heterocycles. The summed E-state index contributed by atoms with van der Waals surface area (Å²) in [6.45, 7) is 8.38. The fourth-order valence-corrected chi connectivity index (χ4v) is 0.608. The number of hydrogen-bond donors (Lipinski definition) is 1. The van der Waals surface area contributed by atoms with Crippen LogP contribution in [0.2, 0.25) is 0 Å². The second-order valence-electron chi connectivity index (χ2n) is 3.94. The summed E-state index contributed by atoms with van der Waals surface area (Å²) in [5, 5.41) is 0. The minimum atomic E-state index is -0.206. The van der Waals surface area contributed by atoms with Crippen molar-refractivity contribution in [3.8, 4) is 0 Å². The molecule has 0 fully saturated rings. The van der Waals surface area contributed by atoms with Crippen LogP contribution in [0.1, 0.15) is 34.1 Å². The highest BCUT2D eigenvalue weighted by Gasteiger charge is 2.21. The van der Waals surface area contributed by atoms with Crippen LogP contribution in [0.4, 0.5) is 0 Å². The molecule has 0 rings (SSSR count). The number of rotatable bonds is 2. The lowest BCUT2D eigenvalue weighted by Crippen LogP contribution is -2.23. The van der Waals surface area contributed by atoms with E-state index in [2.05, 4.69) is 20.8 Å². The lowest BCUT2D eigenvalue weighted by Gasteiger charge is -2.25. The molecule has 0 radical (unpaired) electrons. The average molecular weight is 143 g/mol. The van der Waals surface area contributed by atoms with E-state index >= 15 is 0 Å². The van der Waals surface area contributed by atoms with Crippen LogP contribution in [-0.4, -0.2) is 5.91 Å². The monoisotopic (exact) mass is 143 g/mol. The summed E-state index contributed by atoms with van der Waals surface area (Å²) in [4.78, 5) is 10.5. The maximum Gasteiger partial charge on any atom is 0.217 e. The average Bonchev–Trinajstić information content (AvgIpc) is 1.60. The first kappa shape index (κ1) is 9.47. The summed E-state index contributed by atoms with van der Waals surface area (Å²) in [5.74, 6) is 0.160. The number of carbonyl (C=O) groups excluding carboxylic acids is 1. The van der Waals surface area contributed by atoms with Crippen molar-refractivity contribution >= 4 is 5.91 Å². The molecule has 0 heterocycles. The second kappa shape index (κ2) is 3.04. The lowest BCUT2D eigenvalue weighted by atomic mass is 9.80. The molecule has 0 saturated heterocycles. The molecule has 0 bridgehead atoms. The molecule has 2 heteroatoms. The van der Waals surface area contributed by atoms with Gasteiger partial charge in [-0.15, -0.1) is 0 Å². The molecule has 0 saturated carbocycles. The smallest absolute Gasteiger partial charge is 0.217 e. The Labute approximate surface area is 62.8 Å². The zero-order valence-corrected chi connectivity index (χ0v) is 7.27. The van der Waals surface area contributed by atoms with E-state index < -0.39 is 0 Å². The maximum atomic E-state index is 10.5. The first-order valence-electron chi connectivity index (χ1n) is 3.62. The normalized spacial score (nSPS) is 14.8. The van der Waals surface area contributed by atoms with Crippen molar-refractivity contribution in [1.29, 1.82) is 0 Å². The molecule has 0 aliphatic rings. The van der Waals surface area contributed by atoms with Crippen LogP contribution in [0, 0.1) is 11.3 Å². The highest BCUT2D eigenvalue weighted by Crippen LogP contribution is 2.27. The van der Waals surface area contributed by atoms with E-state index in [9.17, 15) is 4.79 Å². The predicted octanol–water partition coefficient (Wildman–Crippen LogP) is 1.54. The molecule has 0 spiro atoms. The Hall–Kier alpha value is -0.530. The molecule has 10 heavy (non-hydrogen) atoms. The minimum Gasteiger partial charge on any atom is -0.370 e. The molecule has 0 aliphatic carbocycles. The van der Waals surface area contributed by atoms with Crippen LogP contribution in [0.25, 0.3) is 0 Å². The Morgan fingerprint density at radius 3 is 2.00 bits per heavy atom. The van der Waals surface area contributed by atoms with Crippen molar-refractivity contribution in [2.45, 2.75) is 34.1 Å². The first-order valence-corrected chi connectivity index (χ1v) is 3.62. The van der Waals surface area contributed by atoms with Gasteiger partial charge in [0.2, 0.25) is 5.91 Å². The highest BCUT2D eigenvalue weighted by atomic mass is 16.1. The molecule has 0 aromatic carbocycles. The Bertz CT molecular complexity index is 124. The quantitative estimate of drug-likeness (QED) is 0.626. The molecule has 2 nitrogen and oxygen atoms in total. The number of carbonyl (C=O) groups is 1. The van der Waals surface area contributed by atoms with E-state index in [1.54, 1.807) is 0 Å². The lowest BCUT2D eigenvalue weighted by molar-refractivity contribution is -0.119. The highest BCUT2D eigenvalue weighted by molar-refractivity contribution is 5.74. The van der Waals surface area contributed by atoms with Gasteiger partial charge in [-0.25, -0.2) is 0 Å². The van der Waals surface area contributed by atoms with Crippen molar-refractivity contribution in [2.24, 2.45) is 17.1 Å². The van der Waals surface area contributed by atoms with Gasteiger partial charge in [0.15, 0.2) is 0 Å². The third kappa shape index (κ3) is 3.49. The Balaban J connectivity index is 3.85.